The summed E-state index contributed by atoms with van der Waals surface area (Å²) in [5, 5.41) is 5.75. The van der Waals surface area contributed by atoms with Gasteiger partial charge in [0, 0.05) is 18.2 Å². The van der Waals surface area contributed by atoms with Gasteiger partial charge in [-0.3, -0.25) is 9.59 Å². The van der Waals surface area contributed by atoms with E-state index in [1.165, 1.54) is 0 Å². The molecule has 21 heavy (non-hydrogen) atoms. The molecular weight excluding hydrogens is 268 g/mol. The molecule has 0 unspecified atom stereocenters. The molecule has 5 nitrogen and oxygen atoms in total. The highest BCUT2D eigenvalue weighted by Gasteiger charge is 2.15. The van der Waals surface area contributed by atoms with Crippen LogP contribution in [0.15, 0.2) is 18.2 Å². The first-order valence-electron chi connectivity index (χ1n) is 7.47. The average molecular weight is 290 g/mol. The Labute approximate surface area is 125 Å². The van der Waals surface area contributed by atoms with Gasteiger partial charge < -0.3 is 15.4 Å². The lowest BCUT2D eigenvalue weighted by molar-refractivity contribution is -0.123. The van der Waals surface area contributed by atoms with E-state index >= 15 is 0 Å². The standard InChI is InChI=1S/C16H22N2O3/c1-3-12(4-2)17-16(20)10-21-13-6-7-14-11(9-13)5-8-15(19)18-14/h6-7,9,12H,3-5,8,10H2,1-2H3,(H,17,20)(H,18,19). The number of amides is 2. The van der Waals surface area contributed by atoms with Gasteiger partial charge in [-0.2, -0.15) is 0 Å². The van der Waals surface area contributed by atoms with Crippen LogP contribution in [-0.2, 0) is 16.0 Å². The summed E-state index contributed by atoms with van der Waals surface area (Å²) >= 11 is 0. The number of rotatable bonds is 6. The lowest BCUT2D eigenvalue weighted by Gasteiger charge is -2.18. The van der Waals surface area contributed by atoms with E-state index in [1.807, 2.05) is 26.0 Å². The summed E-state index contributed by atoms with van der Waals surface area (Å²) in [5.74, 6) is 0.597. The van der Waals surface area contributed by atoms with E-state index in [4.69, 9.17) is 4.74 Å². The number of anilines is 1. The summed E-state index contributed by atoms with van der Waals surface area (Å²) in [5.41, 5.74) is 1.88. The molecule has 2 rings (SSSR count). The van der Waals surface area contributed by atoms with E-state index in [0.717, 1.165) is 24.1 Å². The number of hydrogen-bond acceptors (Lipinski definition) is 3. The lowest BCUT2D eigenvalue weighted by Crippen LogP contribution is -2.37. The Kier molecular flexibility index (Phi) is 5.20. The first-order chi connectivity index (χ1) is 10.1. The summed E-state index contributed by atoms with van der Waals surface area (Å²) < 4.78 is 5.53. The molecular formula is C16H22N2O3. The molecule has 0 radical (unpaired) electrons. The normalized spacial score (nSPS) is 13.6. The van der Waals surface area contributed by atoms with Gasteiger partial charge in [-0.1, -0.05) is 13.8 Å². The molecule has 1 aromatic rings. The van der Waals surface area contributed by atoms with Crippen LogP contribution in [0.4, 0.5) is 5.69 Å². The fraction of sp³-hybridized carbons (Fsp3) is 0.500. The van der Waals surface area contributed by atoms with E-state index < -0.39 is 0 Å². The highest BCUT2D eigenvalue weighted by Crippen LogP contribution is 2.26. The van der Waals surface area contributed by atoms with Gasteiger partial charge in [-0.15, -0.1) is 0 Å². The number of benzene rings is 1. The Bertz CT molecular complexity index is 524. The minimum atomic E-state index is -0.102. The van der Waals surface area contributed by atoms with Crippen molar-refractivity contribution in [2.45, 2.75) is 45.6 Å². The van der Waals surface area contributed by atoms with Gasteiger partial charge in [0.1, 0.15) is 5.75 Å². The summed E-state index contributed by atoms with van der Waals surface area (Å²) in [6.07, 6.45) is 3.03. The molecule has 114 valence electrons. The molecule has 5 heteroatoms. The van der Waals surface area contributed by atoms with Crippen LogP contribution in [-0.4, -0.2) is 24.5 Å². The molecule has 0 saturated carbocycles. The predicted molar refractivity (Wildman–Crippen MR) is 81.4 cm³/mol. The Morgan fingerprint density at radius 1 is 1.33 bits per heavy atom. The molecule has 1 heterocycles. The minimum absolute atomic E-state index is 0.0155. The maximum Gasteiger partial charge on any atom is 0.258 e. The molecule has 0 aromatic heterocycles. The van der Waals surface area contributed by atoms with Gasteiger partial charge in [0.15, 0.2) is 6.61 Å². The fourth-order valence-corrected chi connectivity index (χ4v) is 2.36. The van der Waals surface area contributed by atoms with E-state index in [0.29, 0.717) is 18.6 Å². The van der Waals surface area contributed by atoms with Gasteiger partial charge in [0.05, 0.1) is 0 Å². The Morgan fingerprint density at radius 2 is 2.10 bits per heavy atom. The number of nitrogens with one attached hydrogen (secondary N) is 2. The van der Waals surface area contributed by atoms with Crippen molar-refractivity contribution >= 4 is 17.5 Å². The number of aryl methyl sites for hydroxylation is 1. The fourth-order valence-electron chi connectivity index (χ4n) is 2.36. The second kappa shape index (κ2) is 7.11. The quantitative estimate of drug-likeness (QED) is 0.844. The molecule has 2 N–H and O–H groups in total. The Balaban J connectivity index is 1.89. The number of hydrogen-bond donors (Lipinski definition) is 2. The van der Waals surface area contributed by atoms with Crippen LogP contribution in [0.25, 0.3) is 0 Å². The van der Waals surface area contributed by atoms with Gasteiger partial charge >= 0.3 is 0 Å². The molecule has 0 aliphatic carbocycles. The maximum absolute atomic E-state index is 11.8. The Hall–Kier alpha value is -2.04. The molecule has 0 fully saturated rings. The molecule has 0 spiro atoms. The van der Waals surface area contributed by atoms with Crippen molar-refractivity contribution in [2.24, 2.45) is 0 Å². The van der Waals surface area contributed by atoms with Crippen molar-refractivity contribution < 1.29 is 14.3 Å². The van der Waals surface area contributed by atoms with Crippen LogP contribution in [0, 0.1) is 0 Å². The monoisotopic (exact) mass is 290 g/mol. The third-order valence-electron chi connectivity index (χ3n) is 3.69. The summed E-state index contributed by atoms with van der Waals surface area (Å²) in [7, 11) is 0. The number of carbonyl (C=O) groups excluding carboxylic acids is 2. The molecule has 1 aromatic carbocycles. The van der Waals surface area contributed by atoms with E-state index in [1.54, 1.807) is 6.07 Å². The van der Waals surface area contributed by atoms with Crippen molar-refractivity contribution in [3.05, 3.63) is 23.8 Å². The van der Waals surface area contributed by atoms with Crippen LogP contribution in [0.1, 0.15) is 38.7 Å². The van der Waals surface area contributed by atoms with Crippen molar-refractivity contribution in [1.82, 2.24) is 5.32 Å². The maximum atomic E-state index is 11.8. The molecule has 1 aliphatic rings. The predicted octanol–water partition coefficient (Wildman–Crippen LogP) is 2.25. The molecule has 1 aliphatic heterocycles. The van der Waals surface area contributed by atoms with Crippen molar-refractivity contribution in [1.29, 1.82) is 0 Å². The lowest BCUT2D eigenvalue weighted by atomic mass is 10.0. The zero-order valence-corrected chi connectivity index (χ0v) is 12.6. The second-order valence-electron chi connectivity index (χ2n) is 5.24. The van der Waals surface area contributed by atoms with Gasteiger partial charge in [0.25, 0.3) is 5.91 Å². The van der Waals surface area contributed by atoms with Crippen LogP contribution in [0.3, 0.4) is 0 Å². The van der Waals surface area contributed by atoms with E-state index in [9.17, 15) is 9.59 Å². The summed E-state index contributed by atoms with van der Waals surface area (Å²) in [6.45, 7) is 4.11. The average Bonchev–Trinajstić information content (AvgIpc) is 2.50. The molecule has 0 atom stereocenters. The SMILES string of the molecule is CCC(CC)NC(=O)COc1ccc2c(c1)CCC(=O)N2. The first-order valence-corrected chi connectivity index (χ1v) is 7.47. The van der Waals surface area contributed by atoms with Crippen molar-refractivity contribution in [2.75, 3.05) is 11.9 Å². The van der Waals surface area contributed by atoms with Gasteiger partial charge in [-0.05, 0) is 43.0 Å². The van der Waals surface area contributed by atoms with E-state index in [2.05, 4.69) is 10.6 Å². The summed E-state index contributed by atoms with van der Waals surface area (Å²) in [6, 6.07) is 5.69. The Morgan fingerprint density at radius 3 is 2.81 bits per heavy atom. The third kappa shape index (κ3) is 4.21. The highest BCUT2D eigenvalue weighted by atomic mass is 16.5. The topological polar surface area (TPSA) is 67.4 Å². The summed E-state index contributed by atoms with van der Waals surface area (Å²) in [4.78, 5) is 23.1. The smallest absolute Gasteiger partial charge is 0.258 e. The number of carbonyl (C=O) groups is 2. The first kappa shape index (κ1) is 15.4. The van der Waals surface area contributed by atoms with Crippen molar-refractivity contribution in [3.63, 3.8) is 0 Å². The molecule has 2 amide bonds. The number of fused-ring (bicyclic) bond motifs is 1. The van der Waals surface area contributed by atoms with Crippen LogP contribution in [0.2, 0.25) is 0 Å². The van der Waals surface area contributed by atoms with Gasteiger partial charge in [0.2, 0.25) is 5.91 Å². The second-order valence-corrected chi connectivity index (χ2v) is 5.24. The largest absolute Gasteiger partial charge is 0.484 e. The third-order valence-corrected chi connectivity index (χ3v) is 3.69. The minimum Gasteiger partial charge on any atom is -0.484 e. The van der Waals surface area contributed by atoms with Crippen LogP contribution >= 0.6 is 0 Å². The van der Waals surface area contributed by atoms with E-state index in [-0.39, 0.29) is 24.5 Å². The van der Waals surface area contributed by atoms with Gasteiger partial charge in [-0.25, -0.2) is 0 Å². The highest BCUT2D eigenvalue weighted by molar-refractivity contribution is 5.94. The van der Waals surface area contributed by atoms with Crippen LogP contribution < -0.4 is 15.4 Å². The molecule has 0 bridgehead atoms. The zero-order chi connectivity index (χ0) is 15.2. The molecule has 0 saturated heterocycles. The number of ether oxygens (including phenoxy) is 1. The zero-order valence-electron chi connectivity index (χ0n) is 12.6. The van der Waals surface area contributed by atoms with Crippen LogP contribution in [0.5, 0.6) is 5.75 Å². The van der Waals surface area contributed by atoms with Crippen molar-refractivity contribution in [3.8, 4) is 5.75 Å².